The van der Waals surface area contributed by atoms with Gasteiger partial charge in [-0.05, 0) is 18.1 Å². The highest BCUT2D eigenvalue weighted by molar-refractivity contribution is 7.91. The molecule has 1 aromatic heterocycles. The summed E-state index contributed by atoms with van der Waals surface area (Å²) in [6, 6.07) is 8.62. The average molecular weight is 290 g/mol. The Morgan fingerprint density at radius 3 is 2.80 bits per heavy atom. The number of nitrogens with one attached hydrogen (secondary N) is 2. The van der Waals surface area contributed by atoms with Crippen molar-refractivity contribution in [2.75, 3.05) is 4.72 Å². The summed E-state index contributed by atoms with van der Waals surface area (Å²) in [7, 11) is -3.60. The predicted molar refractivity (Wildman–Crippen MR) is 75.4 cm³/mol. The lowest BCUT2D eigenvalue weighted by Gasteiger charge is -2.08. The van der Waals surface area contributed by atoms with Crippen molar-refractivity contribution in [2.45, 2.75) is 19.1 Å². The normalized spacial score (nSPS) is 11.0. The molecule has 0 fully saturated rings. The SMILES string of the molecule is CCc1cn[nH]c1NS(=O)(=O)Cc1ccccc1C#N. The van der Waals surface area contributed by atoms with Crippen molar-refractivity contribution in [3.05, 3.63) is 47.2 Å². The lowest BCUT2D eigenvalue weighted by Crippen LogP contribution is -2.16. The van der Waals surface area contributed by atoms with Crippen LogP contribution in [-0.2, 0) is 22.2 Å². The molecule has 2 aromatic rings. The van der Waals surface area contributed by atoms with Gasteiger partial charge in [0, 0.05) is 5.56 Å². The van der Waals surface area contributed by atoms with Crippen molar-refractivity contribution >= 4 is 15.8 Å². The van der Waals surface area contributed by atoms with E-state index in [1.54, 1.807) is 30.5 Å². The smallest absolute Gasteiger partial charge is 0.238 e. The maximum absolute atomic E-state index is 12.1. The monoisotopic (exact) mass is 290 g/mol. The van der Waals surface area contributed by atoms with E-state index in [2.05, 4.69) is 14.9 Å². The molecule has 6 nitrogen and oxygen atoms in total. The summed E-state index contributed by atoms with van der Waals surface area (Å²) in [4.78, 5) is 0. The summed E-state index contributed by atoms with van der Waals surface area (Å²) < 4.78 is 26.7. The Hall–Kier alpha value is -2.33. The first-order valence-electron chi connectivity index (χ1n) is 6.06. The Balaban J connectivity index is 2.22. The molecule has 0 radical (unpaired) electrons. The van der Waals surface area contributed by atoms with Gasteiger partial charge < -0.3 is 0 Å². The number of hydrogen-bond acceptors (Lipinski definition) is 4. The lowest BCUT2D eigenvalue weighted by molar-refractivity contribution is 0.600. The minimum atomic E-state index is -3.60. The fraction of sp³-hybridized carbons (Fsp3) is 0.231. The van der Waals surface area contributed by atoms with Gasteiger partial charge in [0.05, 0.1) is 23.6 Å². The third kappa shape index (κ3) is 3.16. The van der Waals surface area contributed by atoms with E-state index in [1.807, 2.05) is 13.0 Å². The minimum absolute atomic E-state index is 0.251. The average Bonchev–Trinajstić information content (AvgIpc) is 2.85. The molecule has 0 aliphatic carbocycles. The molecule has 1 aromatic carbocycles. The third-order valence-electron chi connectivity index (χ3n) is 2.84. The Morgan fingerprint density at radius 2 is 2.10 bits per heavy atom. The van der Waals surface area contributed by atoms with Crippen LogP contribution in [0.2, 0.25) is 0 Å². The molecular weight excluding hydrogens is 276 g/mol. The Kier molecular flexibility index (Phi) is 4.05. The molecule has 0 atom stereocenters. The van der Waals surface area contributed by atoms with E-state index in [4.69, 9.17) is 5.26 Å². The van der Waals surface area contributed by atoms with Crippen LogP contribution in [0.25, 0.3) is 0 Å². The van der Waals surface area contributed by atoms with Crippen molar-refractivity contribution in [2.24, 2.45) is 0 Å². The predicted octanol–water partition coefficient (Wildman–Crippen LogP) is 1.79. The highest BCUT2D eigenvalue weighted by atomic mass is 32.2. The molecule has 0 aliphatic heterocycles. The van der Waals surface area contributed by atoms with Crippen LogP contribution in [0.1, 0.15) is 23.6 Å². The molecule has 0 unspecified atom stereocenters. The number of aromatic amines is 1. The Labute approximate surface area is 117 Å². The number of H-pyrrole nitrogens is 1. The van der Waals surface area contributed by atoms with Gasteiger partial charge in [-0.15, -0.1) is 0 Å². The number of hydrogen-bond donors (Lipinski definition) is 2. The number of nitriles is 1. The summed E-state index contributed by atoms with van der Waals surface area (Å²) in [6.07, 6.45) is 2.25. The molecule has 0 saturated carbocycles. The molecule has 1 heterocycles. The van der Waals surface area contributed by atoms with Crippen molar-refractivity contribution in [3.8, 4) is 6.07 Å². The van der Waals surface area contributed by atoms with E-state index in [9.17, 15) is 8.42 Å². The minimum Gasteiger partial charge on any atom is -0.267 e. The maximum atomic E-state index is 12.1. The zero-order chi connectivity index (χ0) is 14.6. The summed E-state index contributed by atoms with van der Waals surface area (Å²) >= 11 is 0. The van der Waals surface area contributed by atoms with Gasteiger partial charge in [-0.3, -0.25) is 9.82 Å². The highest BCUT2D eigenvalue weighted by Crippen LogP contribution is 2.17. The first-order chi connectivity index (χ1) is 9.55. The van der Waals surface area contributed by atoms with Crippen LogP contribution in [0.15, 0.2) is 30.5 Å². The second kappa shape index (κ2) is 5.75. The summed E-state index contributed by atoms with van der Waals surface area (Å²) in [5, 5.41) is 15.4. The van der Waals surface area contributed by atoms with Gasteiger partial charge in [0.2, 0.25) is 10.0 Å². The van der Waals surface area contributed by atoms with E-state index in [0.29, 0.717) is 23.4 Å². The van der Waals surface area contributed by atoms with Crippen LogP contribution >= 0.6 is 0 Å². The number of anilines is 1. The van der Waals surface area contributed by atoms with Crippen LogP contribution in [0.5, 0.6) is 0 Å². The number of nitrogens with zero attached hydrogens (tertiary/aromatic N) is 2. The van der Waals surface area contributed by atoms with Gasteiger partial charge in [-0.1, -0.05) is 25.1 Å². The van der Waals surface area contributed by atoms with Crippen molar-refractivity contribution in [3.63, 3.8) is 0 Å². The van der Waals surface area contributed by atoms with E-state index < -0.39 is 10.0 Å². The molecule has 0 amide bonds. The molecule has 2 N–H and O–H groups in total. The molecule has 0 aliphatic rings. The summed E-state index contributed by atoms with van der Waals surface area (Å²) in [5.41, 5.74) is 1.63. The van der Waals surface area contributed by atoms with Gasteiger partial charge >= 0.3 is 0 Å². The van der Waals surface area contributed by atoms with Crippen LogP contribution in [0.4, 0.5) is 5.82 Å². The molecule has 0 saturated heterocycles. The number of rotatable bonds is 5. The van der Waals surface area contributed by atoms with Gasteiger partial charge in [-0.2, -0.15) is 10.4 Å². The number of sulfonamides is 1. The second-order valence-corrected chi connectivity index (χ2v) is 5.98. The second-order valence-electron chi connectivity index (χ2n) is 4.25. The molecule has 2 rings (SSSR count). The molecular formula is C13H14N4O2S. The summed E-state index contributed by atoms with van der Waals surface area (Å²) in [6.45, 7) is 1.91. The van der Waals surface area contributed by atoms with E-state index in [0.717, 1.165) is 5.56 Å². The Morgan fingerprint density at radius 1 is 1.35 bits per heavy atom. The van der Waals surface area contributed by atoms with E-state index in [1.165, 1.54) is 0 Å². The molecule has 0 spiro atoms. The van der Waals surface area contributed by atoms with Crippen molar-refractivity contribution in [1.82, 2.24) is 10.2 Å². The largest absolute Gasteiger partial charge is 0.267 e. The fourth-order valence-corrected chi connectivity index (χ4v) is 3.04. The summed E-state index contributed by atoms with van der Waals surface area (Å²) in [5.74, 6) is 0.126. The van der Waals surface area contributed by atoms with Crippen molar-refractivity contribution in [1.29, 1.82) is 5.26 Å². The van der Waals surface area contributed by atoms with Crippen LogP contribution in [0, 0.1) is 11.3 Å². The van der Waals surface area contributed by atoms with Gasteiger partial charge in [0.25, 0.3) is 0 Å². The molecule has 20 heavy (non-hydrogen) atoms. The van der Waals surface area contributed by atoms with Gasteiger partial charge in [0.15, 0.2) is 0 Å². The number of aryl methyl sites for hydroxylation is 1. The van der Waals surface area contributed by atoms with Crippen LogP contribution in [-0.4, -0.2) is 18.6 Å². The standard InChI is InChI=1S/C13H14N4O2S/c1-2-10-8-15-16-13(10)17-20(18,19)9-12-6-4-3-5-11(12)7-14/h3-6,8H,2,9H2,1H3,(H2,15,16,17). The van der Waals surface area contributed by atoms with Gasteiger partial charge in [0.1, 0.15) is 5.82 Å². The zero-order valence-electron chi connectivity index (χ0n) is 10.9. The maximum Gasteiger partial charge on any atom is 0.238 e. The first kappa shape index (κ1) is 14.1. The van der Waals surface area contributed by atoms with Gasteiger partial charge in [-0.25, -0.2) is 8.42 Å². The van der Waals surface area contributed by atoms with Crippen LogP contribution in [0.3, 0.4) is 0 Å². The zero-order valence-corrected chi connectivity index (χ0v) is 11.7. The fourth-order valence-electron chi connectivity index (χ4n) is 1.82. The quantitative estimate of drug-likeness (QED) is 0.876. The molecule has 0 bridgehead atoms. The van der Waals surface area contributed by atoms with E-state index >= 15 is 0 Å². The highest BCUT2D eigenvalue weighted by Gasteiger charge is 2.16. The van der Waals surface area contributed by atoms with Crippen molar-refractivity contribution < 1.29 is 8.42 Å². The molecule has 7 heteroatoms. The first-order valence-corrected chi connectivity index (χ1v) is 7.71. The number of aromatic nitrogens is 2. The Bertz CT molecular complexity index is 744. The molecule has 104 valence electrons. The lowest BCUT2D eigenvalue weighted by atomic mass is 10.1. The topological polar surface area (TPSA) is 98.6 Å². The number of benzene rings is 1. The third-order valence-corrected chi connectivity index (χ3v) is 4.05. The van der Waals surface area contributed by atoms with Crippen LogP contribution < -0.4 is 4.72 Å². The van der Waals surface area contributed by atoms with E-state index in [-0.39, 0.29) is 5.75 Å².